The molecule has 0 saturated carbocycles. The Morgan fingerprint density at radius 3 is 2.94 bits per heavy atom. The zero-order chi connectivity index (χ0) is 11.8. The summed E-state index contributed by atoms with van der Waals surface area (Å²) in [5, 5.41) is 4.74. The highest BCUT2D eigenvalue weighted by Crippen LogP contribution is 2.33. The van der Waals surface area contributed by atoms with E-state index in [1.165, 1.54) is 35.1 Å². The molecule has 1 aromatic carbocycles. The minimum Gasteiger partial charge on any atom is -0.460 e. The van der Waals surface area contributed by atoms with E-state index in [-0.39, 0.29) is 0 Å². The van der Waals surface area contributed by atoms with Crippen LogP contribution in [0.2, 0.25) is 0 Å². The van der Waals surface area contributed by atoms with Gasteiger partial charge < -0.3 is 9.73 Å². The third-order valence-corrected chi connectivity index (χ3v) is 3.80. The predicted octanol–water partition coefficient (Wildman–Crippen LogP) is 3.52. The lowest BCUT2D eigenvalue weighted by atomic mass is 9.94. The van der Waals surface area contributed by atoms with Crippen molar-refractivity contribution in [3.8, 4) is 0 Å². The second-order valence-electron chi connectivity index (χ2n) is 5.13. The van der Waals surface area contributed by atoms with E-state index in [4.69, 9.17) is 4.42 Å². The second kappa shape index (κ2) is 4.19. The summed E-state index contributed by atoms with van der Waals surface area (Å²) in [5.74, 6) is 1.74. The van der Waals surface area contributed by atoms with Gasteiger partial charge in [0.05, 0.1) is 0 Å². The summed E-state index contributed by atoms with van der Waals surface area (Å²) >= 11 is 0. The van der Waals surface area contributed by atoms with Crippen LogP contribution in [0.25, 0.3) is 11.0 Å². The normalized spacial score (nSPS) is 20.9. The maximum Gasteiger partial charge on any atom is 0.134 e. The van der Waals surface area contributed by atoms with E-state index in [2.05, 4.69) is 37.4 Å². The first-order valence-corrected chi connectivity index (χ1v) is 6.46. The van der Waals surface area contributed by atoms with E-state index in [9.17, 15) is 0 Å². The summed E-state index contributed by atoms with van der Waals surface area (Å²) in [5.41, 5.74) is 3.67. The molecule has 0 aliphatic carbocycles. The van der Waals surface area contributed by atoms with Crippen molar-refractivity contribution < 1.29 is 4.42 Å². The van der Waals surface area contributed by atoms with Crippen LogP contribution in [-0.4, -0.2) is 13.1 Å². The molecule has 0 radical (unpaired) electrons. The minimum absolute atomic E-state index is 0.552. The zero-order valence-corrected chi connectivity index (χ0v) is 10.5. The third-order valence-electron chi connectivity index (χ3n) is 3.80. The molecule has 1 aromatic heterocycles. The second-order valence-corrected chi connectivity index (χ2v) is 5.13. The van der Waals surface area contributed by atoms with E-state index in [1.807, 2.05) is 0 Å². The molecule has 0 spiro atoms. The van der Waals surface area contributed by atoms with Crippen molar-refractivity contribution in [3.63, 3.8) is 0 Å². The Bertz CT molecular complexity index is 535. The first kappa shape index (κ1) is 10.8. The molecule has 0 amide bonds. The Balaban J connectivity index is 2.07. The molecular formula is C15H19NO. The fraction of sp³-hybridized carbons (Fsp3) is 0.467. The van der Waals surface area contributed by atoms with Crippen molar-refractivity contribution in [2.45, 2.75) is 32.6 Å². The fourth-order valence-corrected chi connectivity index (χ4v) is 2.82. The average molecular weight is 229 g/mol. The van der Waals surface area contributed by atoms with Gasteiger partial charge in [-0.15, -0.1) is 0 Å². The number of piperidine rings is 1. The van der Waals surface area contributed by atoms with Crippen molar-refractivity contribution in [2.75, 3.05) is 13.1 Å². The third kappa shape index (κ3) is 1.87. The maximum absolute atomic E-state index is 6.05. The van der Waals surface area contributed by atoms with Gasteiger partial charge >= 0.3 is 0 Å². The van der Waals surface area contributed by atoms with Gasteiger partial charge in [0, 0.05) is 17.8 Å². The van der Waals surface area contributed by atoms with E-state index in [0.717, 1.165) is 18.7 Å². The van der Waals surface area contributed by atoms with E-state index in [0.29, 0.717) is 5.92 Å². The number of furan rings is 1. The Hall–Kier alpha value is -1.28. The van der Waals surface area contributed by atoms with Gasteiger partial charge in [-0.25, -0.2) is 0 Å². The van der Waals surface area contributed by atoms with Crippen molar-refractivity contribution in [1.82, 2.24) is 5.32 Å². The van der Waals surface area contributed by atoms with E-state index < -0.39 is 0 Å². The van der Waals surface area contributed by atoms with Crippen LogP contribution >= 0.6 is 0 Å². The Labute approximate surface area is 102 Å². The molecule has 90 valence electrons. The van der Waals surface area contributed by atoms with Gasteiger partial charge in [-0.3, -0.25) is 0 Å². The first-order chi connectivity index (χ1) is 8.25. The molecule has 2 aromatic rings. The minimum atomic E-state index is 0.552. The lowest BCUT2D eigenvalue weighted by Gasteiger charge is -2.21. The monoisotopic (exact) mass is 229 g/mol. The lowest BCUT2D eigenvalue weighted by molar-refractivity contribution is 0.397. The van der Waals surface area contributed by atoms with Crippen molar-refractivity contribution >= 4 is 11.0 Å². The predicted molar refractivity (Wildman–Crippen MR) is 70.5 cm³/mol. The highest BCUT2D eigenvalue weighted by molar-refractivity contribution is 5.82. The van der Waals surface area contributed by atoms with E-state index >= 15 is 0 Å². The number of aryl methyl sites for hydroxylation is 2. The molecule has 1 N–H and O–H groups in total. The number of nitrogens with one attached hydrogen (secondary N) is 1. The molecule has 2 nitrogen and oxygen atoms in total. The zero-order valence-electron chi connectivity index (χ0n) is 10.5. The molecule has 1 unspecified atom stereocenters. The quantitative estimate of drug-likeness (QED) is 0.809. The topological polar surface area (TPSA) is 25.2 Å². The largest absolute Gasteiger partial charge is 0.460 e. The smallest absolute Gasteiger partial charge is 0.134 e. The summed E-state index contributed by atoms with van der Waals surface area (Å²) in [4.78, 5) is 0. The van der Waals surface area contributed by atoms with Crippen LogP contribution in [0.4, 0.5) is 0 Å². The van der Waals surface area contributed by atoms with Crippen LogP contribution in [-0.2, 0) is 0 Å². The van der Waals surface area contributed by atoms with Gasteiger partial charge in [0.25, 0.3) is 0 Å². The van der Waals surface area contributed by atoms with Crippen LogP contribution in [0.1, 0.15) is 35.6 Å². The van der Waals surface area contributed by atoms with E-state index in [1.54, 1.807) is 0 Å². The molecule has 1 aliphatic heterocycles. The Kier molecular flexibility index (Phi) is 2.67. The molecule has 17 heavy (non-hydrogen) atoms. The molecule has 1 saturated heterocycles. The van der Waals surface area contributed by atoms with Crippen molar-refractivity contribution in [1.29, 1.82) is 0 Å². The number of rotatable bonds is 1. The van der Waals surface area contributed by atoms with Crippen LogP contribution in [0.3, 0.4) is 0 Å². The number of hydrogen-bond donors (Lipinski definition) is 1. The van der Waals surface area contributed by atoms with Crippen molar-refractivity contribution in [2.24, 2.45) is 0 Å². The molecule has 1 aliphatic rings. The maximum atomic E-state index is 6.05. The number of hydrogen-bond acceptors (Lipinski definition) is 2. The highest BCUT2D eigenvalue weighted by Gasteiger charge is 2.22. The van der Waals surface area contributed by atoms with Gasteiger partial charge in [0.1, 0.15) is 11.3 Å². The van der Waals surface area contributed by atoms with Gasteiger partial charge in [0.2, 0.25) is 0 Å². The summed E-state index contributed by atoms with van der Waals surface area (Å²) in [7, 11) is 0. The number of fused-ring (bicyclic) bond motifs is 1. The van der Waals surface area contributed by atoms with Gasteiger partial charge in [-0.1, -0.05) is 11.6 Å². The summed E-state index contributed by atoms with van der Waals surface area (Å²) < 4.78 is 6.05. The summed E-state index contributed by atoms with van der Waals surface area (Å²) in [6, 6.07) is 6.44. The SMILES string of the molecule is Cc1ccc2oc(C3CCCNC3)c(C)c2c1. The van der Waals surface area contributed by atoms with Gasteiger partial charge in [0.15, 0.2) is 0 Å². The fourth-order valence-electron chi connectivity index (χ4n) is 2.82. The van der Waals surface area contributed by atoms with Gasteiger partial charge in [-0.2, -0.15) is 0 Å². The lowest BCUT2D eigenvalue weighted by Crippen LogP contribution is -2.28. The molecule has 1 atom stereocenters. The molecule has 2 heterocycles. The van der Waals surface area contributed by atoms with Crippen LogP contribution in [0.15, 0.2) is 22.6 Å². The summed E-state index contributed by atoms with van der Waals surface area (Å²) in [6.45, 7) is 6.53. The average Bonchev–Trinajstić information content (AvgIpc) is 2.68. The molecular weight excluding hydrogens is 210 g/mol. The Morgan fingerprint density at radius 1 is 1.29 bits per heavy atom. The van der Waals surface area contributed by atoms with Crippen LogP contribution < -0.4 is 5.32 Å². The summed E-state index contributed by atoms with van der Waals surface area (Å²) in [6.07, 6.45) is 2.49. The molecule has 2 heteroatoms. The van der Waals surface area contributed by atoms with Crippen LogP contribution in [0.5, 0.6) is 0 Å². The van der Waals surface area contributed by atoms with Crippen molar-refractivity contribution in [3.05, 3.63) is 35.1 Å². The first-order valence-electron chi connectivity index (χ1n) is 6.46. The number of benzene rings is 1. The highest BCUT2D eigenvalue weighted by atomic mass is 16.3. The standard InChI is InChI=1S/C15H19NO/c1-10-5-6-14-13(8-10)11(2)15(17-14)12-4-3-7-16-9-12/h5-6,8,12,16H,3-4,7,9H2,1-2H3. The molecule has 0 bridgehead atoms. The van der Waals surface area contributed by atoms with Crippen LogP contribution in [0, 0.1) is 13.8 Å². The Morgan fingerprint density at radius 2 is 2.18 bits per heavy atom. The molecule has 3 rings (SSSR count). The molecule has 1 fully saturated rings. The van der Waals surface area contributed by atoms with Gasteiger partial charge in [-0.05, 0) is 50.9 Å².